The Kier molecular flexibility index (Phi) is 1.97. The fourth-order valence-electron chi connectivity index (χ4n) is 1.86. The SMILES string of the molecule is Cc1csc(C2(CN)CCC2)c1. The van der Waals surface area contributed by atoms with Crippen LogP contribution < -0.4 is 5.73 Å². The summed E-state index contributed by atoms with van der Waals surface area (Å²) in [4.78, 5) is 1.51. The molecule has 0 aromatic carbocycles. The first-order valence-electron chi connectivity index (χ1n) is 4.52. The van der Waals surface area contributed by atoms with E-state index >= 15 is 0 Å². The molecule has 1 aromatic heterocycles. The number of hydrogen-bond acceptors (Lipinski definition) is 2. The Bertz CT molecular complexity index is 268. The van der Waals surface area contributed by atoms with Gasteiger partial charge in [-0.2, -0.15) is 0 Å². The summed E-state index contributed by atoms with van der Waals surface area (Å²) >= 11 is 1.88. The van der Waals surface area contributed by atoms with Crippen LogP contribution in [0.3, 0.4) is 0 Å². The van der Waals surface area contributed by atoms with Gasteiger partial charge in [-0.05, 0) is 36.8 Å². The molecule has 0 bridgehead atoms. The minimum absolute atomic E-state index is 0.374. The van der Waals surface area contributed by atoms with Crippen LogP contribution in [0.1, 0.15) is 29.7 Å². The van der Waals surface area contributed by atoms with E-state index in [1.807, 2.05) is 11.3 Å². The van der Waals surface area contributed by atoms with Crippen LogP contribution in [-0.2, 0) is 5.41 Å². The Labute approximate surface area is 77.6 Å². The van der Waals surface area contributed by atoms with E-state index in [2.05, 4.69) is 18.4 Å². The minimum Gasteiger partial charge on any atom is -0.330 e. The van der Waals surface area contributed by atoms with Gasteiger partial charge < -0.3 is 5.73 Å². The third kappa shape index (κ3) is 1.10. The van der Waals surface area contributed by atoms with E-state index in [0.717, 1.165) is 6.54 Å². The van der Waals surface area contributed by atoms with E-state index in [1.54, 1.807) is 0 Å². The summed E-state index contributed by atoms with van der Waals surface area (Å²) in [5.74, 6) is 0. The third-order valence-electron chi connectivity index (χ3n) is 2.95. The number of thiophene rings is 1. The Morgan fingerprint density at radius 3 is 2.67 bits per heavy atom. The topological polar surface area (TPSA) is 26.0 Å². The van der Waals surface area contributed by atoms with Gasteiger partial charge in [0.05, 0.1) is 0 Å². The molecule has 1 heterocycles. The van der Waals surface area contributed by atoms with Crippen LogP contribution in [0.15, 0.2) is 11.4 Å². The lowest BCUT2D eigenvalue weighted by atomic mass is 9.68. The van der Waals surface area contributed by atoms with Gasteiger partial charge in [-0.15, -0.1) is 11.3 Å². The van der Waals surface area contributed by atoms with Gasteiger partial charge in [0.15, 0.2) is 0 Å². The summed E-state index contributed by atoms with van der Waals surface area (Å²) in [6, 6.07) is 2.30. The largest absolute Gasteiger partial charge is 0.330 e. The van der Waals surface area contributed by atoms with Gasteiger partial charge in [-0.25, -0.2) is 0 Å². The predicted octanol–water partition coefficient (Wildman–Crippen LogP) is 2.44. The van der Waals surface area contributed by atoms with E-state index < -0.39 is 0 Å². The van der Waals surface area contributed by atoms with Crippen molar-refractivity contribution in [2.75, 3.05) is 6.54 Å². The maximum Gasteiger partial charge on any atom is 0.0169 e. The van der Waals surface area contributed by atoms with Gasteiger partial charge in [0.2, 0.25) is 0 Å². The average molecular weight is 181 g/mol. The van der Waals surface area contributed by atoms with Crippen molar-refractivity contribution < 1.29 is 0 Å². The molecule has 2 rings (SSSR count). The van der Waals surface area contributed by atoms with E-state index in [-0.39, 0.29) is 0 Å². The predicted molar refractivity (Wildman–Crippen MR) is 53.6 cm³/mol. The van der Waals surface area contributed by atoms with Crippen LogP contribution in [0.2, 0.25) is 0 Å². The summed E-state index contributed by atoms with van der Waals surface area (Å²) < 4.78 is 0. The Hall–Kier alpha value is -0.340. The molecule has 0 unspecified atom stereocenters. The standard InChI is InChI=1S/C10H15NS/c1-8-5-9(12-6-8)10(7-11)3-2-4-10/h5-6H,2-4,7,11H2,1H3. The number of nitrogens with two attached hydrogens (primary N) is 1. The summed E-state index contributed by atoms with van der Waals surface area (Å²) in [5.41, 5.74) is 7.57. The Morgan fingerprint density at radius 2 is 2.33 bits per heavy atom. The van der Waals surface area contributed by atoms with Crippen molar-refractivity contribution in [1.82, 2.24) is 0 Å². The van der Waals surface area contributed by atoms with Crippen molar-refractivity contribution in [3.63, 3.8) is 0 Å². The molecule has 12 heavy (non-hydrogen) atoms. The Balaban J connectivity index is 2.27. The zero-order valence-corrected chi connectivity index (χ0v) is 8.29. The molecule has 1 nitrogen and oxygen atoms in total. The van der Waals surface area contributed by atoms with Crippen LogP contribution in [0.25, 0.3) is 0 Å². The van der Waals surface area contributed by atoms with Crippen LogP contribution in [0, 0.1) is 6.92 Å². The maximum atomic E-state index is 5.82. The smallest absolute Gasteiger partial charge is 0.0169 e. The van der Waals surface area contributed by atoms with Crippen LogP contribution >= 0.6 is 11.3 Å². The van der Waals surface area contributed by atoms with Gasteiger partial charge in [-0.3, -0.25) is 0 Å². The summed E-state index contributed by atoms with van der Waals surface area (Å²) in [6.45, 7) is 2.98. The van der Waals surface area contributed by atoms with Crippen molar-refractivity contribution in [3.8, 4) is 0 Å². The second-order valence-corrected chi connectivity index (χ2v) is 4.74. The van der Waals surface area contributed by atoms with E-state index in [1.165, 1.54) is 29.7 Å². The molecule has 66 valence electrons. The van der Waals surface area contributed by atoms with Crippen LogP contribution in [0.4, 0.5) is 0 Å². The molecule has 1 aliphatic carbocycles. The highest BCUT2D eigenvalue weighted by Gasteiger charge is 2.38. The maximum absolute atomic E-state index is 5.82. The van der Waals surface area contributed by atoms with E-state index in [0.29, 0.717) is 5.41 Å². The molecule has 2 N–H and O–H groups in total. The van der Waals surface area contributed by atoms with Gasteiger partial charge in [0, 0.05) is 16.8 Å². The summed E-state index contributed by atoms with van der Waals surface area (Å²) in [5, 5.41) is 2.23. The third-order valence-corrected chi connectivity index (χ3v) is 4.25. The van der Waals surface area contributed by atoms with Gasteiger partial charge in [0.1, 0.15) is 0 Å². The van der Waals surface area contributed by atoms with Crippen molar-refractivity contribution >= 4 is 11.3 Å². The highest BCUT2D eigenvalue weighted by molar-refractivity contribution is 7.10. The molecule has 1 aromatic rings. The monoisotopic (exact) mass is 181 g/mol. The number of hydrogen-bond donors (Lipinski definition) is 1. The molecule has 1 aliphatic rings. The van der Waals surface area contributed by atoms with E-state index in [9.17, 15) is 0 Å². The fraction of sp³-hybridized carbons (Fsp3) is 0.600. The first-order chi connectivity index (χ1) is 5.77. The molecule has 0 saturated heterocycles. The lowest BCUT2D eigenvalue weighted by Crippen LogP contribution is -2.40. The molecule has 0 aliphatic heterocycles. The average Bonchev–Trinajstić information content (AvgIpc) is 2.35. The first-order valence-corrected chi connectivity index (χ1v) is 5.40. The lowest BCUT2D eigenvalue weighted by molar-refractivity contribution is 0.258. The molecule has 1 fully saturated rings. The molecule has 0 atom stereocenters. The zero-order valence-electron chi connectivity index (χ0n) is 7.47. The second-order valence-electron chi connectivity index (χ2n) is 3.83. The van der Waals surface area contributed by atoms with Crippen molar-refractivity contribution in [1.29, 1.82) is 0 Å². The number of aryl methyl sites for hydroxylation is 1. The molecule has 0 amide bonds. The molecule has 2 heteroatoms. The molecule has 1 saturated carbocycles. The normalized spacial score (nSPS) is 20.5. The van der Waals surface area contributed by atoms with Crippen LogP contribution in [0.5, 0.6) is 0 Å². The van der Waals surface area contributed by atoms with Crippen molar-refractivity contribution in [3.05, 3.63) is 21.9 Å². The molecule has 0 radical (unpaired) electrons. The van der Waals surface area contributed by atoms with Crippen molar-refractivity contribution in [2.45, 2.75) is 31.6 Å². The van der Waals surface area contributed by atoms with Gasteiger partial charge >= 0.3 is 0 Å². The minimum atomic E-state index is 0.374. The Morgan fingerprint density at radius 1 is 1.58 bits per heavy atom. The highest BCUT2D eigenvalue weighted by atomic mass is 32.1. The van der Waals surface area contributed by atoms with Crippen molar-refractivity contribution in [2.24, 2.45) is 5.73 Å². The van der Waals surface area contributed by atoms with Gasteiger partial charge in [-0.1, -0.05) is 6.42 Å². The fourth-order valence-corrected chi connectivity index (χ4v) is 3.04. The highest BCUT2D eigenvalue weighted by Crippen LogP contribution is 2.45. The second kappa shape index (κ2) is 2.86. The number of rotatable bonds is 2. The van der Waals surface area contributed by atoms with Gasteiger partial charge in [0.25, 0.3) is 0 Å². The summed E-state index contributed by atoms with van der Waals surface area (Å²) in [6.07, 6.45) is 3.95. The molecular weight excluding hydrogens is 166 g/mol. The molecule has 0 spiro atoms. The lowest BCUT2D eigenvalue weighted by Gasteiger charge is -2.40. The molecular formula is C10H15NS. The van der Waals surface area contributed by atoms with Crippen LogP contribution in [-0.4, -0.2) is 6.54 Å². The summed E-state index contributed by atoms with van der Waals surface area (Å²) in [7, 11) is 0. The quantitative estimate of drug-likeness (QED) is 0.745. The first kappa shape index (κ1) is 8.27. The van der Waals surface area contributed by atoms with E-state index in [4.69, 9.17) is 5.73 Å². The zero-order chi connectivity index (χ0) is 8.60.